The Labute approximate surface area is 166 Å². The maximum absolute atomic E-state index is 10.9. The Balaban J connectivity index is 1.41. The van der Waals surface area contributed by atoms with Gasteiger partial charge in [0.15, 0.2) is 5.82 Å². The SMILES string of the molecule is Cc1ccc2nc(N3CCN(c4ccc([N+](=O)[O-])cc4)CC3)c3nncn3c2c1. The number of nitro benzene ring substituents is 1. The molecule has 0 bridgehead atoms. The number of piperazine rings is 1. The van der Waals surface area contributed by atoms with Crippen LogP contribution in [0.3, 0.4) is 0 Å². The van der Waals surface area contributed by atoms with Gasteiger partial charge in [-0.05, 0) is 36.8 Å². The van der Waals surface area contributed by atoms with Crippen LogP contribution in [0, 0.1) is 17.0 Å². The van der Waals surface area contributed by atoms with E-state index in [0.29, 0.717) is 0 Å². The molecule has 0 unspecified atom stereocenters. The van der Waals surface area contributed by atoms with E-state index in [9.17, 15) is 10.1 Å². The number of benzene rings is 2. The van der Waals surface area contributed by atoms with Gasteiger partial charge in [-0.25, -0.2) is 4.98 Å². The van der Waals surface area contributed by atoms with Crippen molar-refractivity contribution in [1.82, 2.24) is 19.6 Å². The maximum Gasteiger partial charge on any atom is 0.269 e. The quantitative estimate of drug-likeness (QED) is 0.393. The third-order valence-electron chi connectivity index (χ3n) is 5.37. The molecule has 0 N–H and O–H groups in total. The average molecular weight is 389 g/mol. The molecule has 0 radical (unpaired) electrons. The van der Waals surface area contributed by atoms with Gasteiger partial charge in [-0.1, -0.05) is 6.07 Å². The second-order valence-corrected chi connectivity index (χ2v) is 7.20. The van der Waals surface area contributed by atoms with Crippen LogP contribution in [-0.4, -0.2) is 50.7 Å². The van der Waals surface area contributed by atoms with Gasteiger partial charge >= 0.3 is 0 Å². The molecule has 0 spiro atoms. The normalized spacial score (nSPS) is 14.7. The number of hydrogen-bond acceptors (Lipinski definition) is 7. The monoisotopic (exact) mass is 389 g/mol. The highest BCUT2D eigenvalue weighted by Gasteiger charge is 2.22. The van der Waals surface area contributed by atoms with Crippen LogP contribution < -0.4 is 9.80 Å². The minimum absolute atomic E-state index is 0.109. The van der Waals surface area contributed by atoms with Crippen molar-refractivity contribution in [3.63, 3.8) is 0 Å². The van der Waals surface area contributed by atoms with Gasteiger partial charge in [-0.15, -0.1) is 10.2 Å². The number of rotatable bonds is 3. The summed E-state index contributed by atoms with van der Waals surface area (Å²) in [6.45, 7) is 5.21. The molecule has 146 valence electrons. The van der Waals surface area contributed by atoms with Crippen LogP contribution in [-0.2, 0) is 0 Å². The lowest BCUT2D eigenvalue weighted by Gasteiger charge is -2.36. The first-order valence-electron chi connectivity index (χ1n) is 9.44. The number of non-ortho nitro benzene ring substituents is 1. The van der Waals surface area contributed by atoms with E-state index in [-0.39, 0.29) is 10.6 Å². The lowest BCUT2D eigenvalue weighted by molar-refractivity contribution is -0.384. The van der Waals surface area contributed by atoms with Crippen molar-refractivity contribution >= 4 is 33.9 Å². The number of anilines is 2. The predicted octanol–water partition coefficient (Wildman–Crippen LogP) is 2.82. The van der Waals surface area contributed by atoms with Crippen molar-refractivity contribution < 1.29 is 4.92 Å². The highest BCUT2D eigenvalue weighted by atomic mass is 16.6. The minimum atomic E-state index is -0.377. The van der Waals surface area contributed by atoms with Crippen molar-refractivity contribution in [3.8, 4) is 0 Å². The van der Waals surface area contributed by atoms with Gasteiger partial charge < -0.3 is 9.80 Å². The molecule has 3 heterocycles. The van der Waals surface area contributed by atoms with E-state index in [0.717, 1.165) is 54.4 Å². The zero-order chi connectivity index (χ0) is 20.0. The molecule has 9 heteroatoms. The third-order valence-corrected chi connectivity index (χ3v) is 5.37. The number of nitrogens with zero attached hydrogens (tertiary/aromatic N) is 7. The second kappa shape index (κ2) is 6.69. The molecule has 1 aliphatic heterocycles. The van der Waals surface area contributed by atoms with Gasteiger partial charge in [-0.2, -0.15) is 0 Å². The fourth-order valence-electron chi connectivity index (χ4n) is 3.82. The molecule has 5 rings (SSSR count). The Morgan fingerprint density at radius 3 is 2.45 bits per heavy atom. The summed E-state index contributed by atoms with van der Waals surface area (Å²) in [5, 5.41) is 19.3. The molecule has 2 aromatic carbocycles. The van der Waals surface area contributed by atoms with E-state index in [2.05, 4.69) is 39.1 Å². The van der Waals surface area contributed by atoms with Crippen LogP contribution in [0.2, 0.25) is 0 Å². The number of fused-ring (bicyclic) bond motifs is 3. The van der Waals surface area contributed by atoms with E-state index in [1.807, 2.05) is 10.5 Å². The van der Waals surface area contributed by atoms with Crippen LogP contribution in [0.25, 0.3) is 16.7 Å². The van der Waals surface area contributed by atoms with Crippen molar-refractivity contribution in [3.05, 3.63) is 64.5 Å². The van der Waals surface area contributed by atoms with Crippen LogP contribution in [0.5, 0.6) is 0 Å². The van der Waals surface area contributed by atoms with Crippen LogP contribution >= 0.6 is 0 Å². The number of nitro groups is 1. The first-order valence-corrected chi connectivity index (χ1v) is 9.44. The molecule has 2 aromatic heterocycles. The first kappa shape index (κ1) is 17.4. The molecule has 4 aromatic rings. The fraction of sp³-hybridized carbons (Fsp3) is 0.250. The van der Waals surface area contributed by atoms with Crippen molar-refractivity contribution in [1.29, 1.82) is 0 Å². The van der Waals surface area contributed by atoms with Gasteiger partial charge in [0.05, 0.1) is 16.0 Å². The largest absolute Gasteiger partial charge is 0.368 e. The highest BCUT2D eigenvalue weighted by molar-refractivity contribution is 5.83. The summed E-state index contributed by atoms with van der Waals surface area (Å²) in [5.74, 6) is 0.835. The van der Waals surface area contributed by atoms with Gasteiger partial charge in [0.2, 0.25) is 5.65 Å². The zero-order valence-corrected chi connectivity index (χ0v) is 15.9. The fourth-order valence-corrected chi connectivity index (χ4v) is 3.82. The Bertz CT molecular complexity index is 1210. The molecule has 0 atom stereocenters. The van der Waals surface area contributed by atoms with E-state index in [4.69, 9.17) is 4.98 Å². The smallest absolute Gasteiger partial charge is 0.269 e. The summed E-state index contributed by atoms with van der Waals surface area (Å²) < 4.78 is 1.99. The Kier molecular flexibility index (Phi) is 4.01. The highest BCUT2D eigenvalue weighted by Crippen LogP contribution is 2.26. The standard InChI is InChI=1S/C20H19N7O2/c1-14-2-7-17-18(12-14)26-13-21-23-20(26)19(22-17)25-10-8-24(9-11-25)15-3-5-16(6-4-15)27(28)29/h2-7,12-13H,8-11H2,1H3. The van der Waals surface area contributed by atoms with Crippen molar-refractivity contribution in [2.45, 2.75) is 6.92 Å². The summed E-state index contributed by atoms with van der Waals surface area (Å²) in [7, 11) is 0. The molecule has 0 amide bonds. The summed E-state index contributed by atoms with van der Waals surface area (Å²) in [5.41, 5.74) is 4.93. The third kappa shape index (κ3) is 3.00. The van der Waals surface area contributed by atoms with Crippen LogP contribution in [0.4, 0.5) is 17.2 Å². The van der Waals surface area contributed by atoms with Crippen LogP contribution in [0.1, 0.15) is 5.56 Å². The Morgan fingerprint density at radius 2 is 1.72 bits per heavy atom. The Morgan fingerprint density at radius 1 is 1.00 bits per heavy atom. The van der Waals surface area contributed by atoms with Gasteiger partial charge in [0.25, 0.3) is 5.69 Å². The van der Waals surface area contributed by atoms with E-state index in [1.54, 1.807) is 30.6 Å². The topological polar surface area (TPSA) is 92.7 Å². The van der Waals surface area contributed by atoms with Crippen molar-refractivity contribution in [2.24, 2.45) is 0 Å². The number of hydrogen-bond donors (Lipinski definition) is 0. The van der Waals surface area contributed by atoms with Gasteiger partial charge in [0.1, 0.15) is 6.33 Å². The number of aryl methyl sites for hydroxylation is 1. The predicted molar refractivity (Wildman–Crippen MR) is 111 cm³/mol. The molecule has 9 nitrogen and oxygen atoms in total. The lowest BCUT2D eigenvalue weighted by atomic mass is 10.2. The maximum atomic E-state index is 10.9. The lowest BCUT2D eigenvalue weighted by Crippen LogP contribution is -2.47. The average Bonchev–Trinajstić information content (AvgIpc) is 3.24. The van der Waals surface area contributed by atoms with Crippen LogP contribution in [0.15, 0.2) is 48.8 Å². The molecule has 1 saturated heterocycles. The molecule has 0 saturated carbocycles. The van der Waals surface area contributed by atoms with E-state index >= 15 is 0 Å². The molecule has 1 aliphatic rings. The summed E-state index contributed by atoms with van der Waals surface area (Å²) in [6, 6.07) is 12.9. The zero-order valence-electron chi connectivity index (χ0n) is 15.9. The molecule has 0 aliphatic carbocycles. The second-order valence-electron chi connectivity index (χ2n) is 7.20. The summed E-state index contributed by atoms with van der Waals surface area (Å²) in [6.07, 6.45) is 1.73. The molecule has 1 fully saturated rings. The molecular weight excluding hydrogens is 370 g/mol. The Hall–Kier alpha value is -3.75. The molecule has 29 heavy (non-hydrogen) atoms. The molecular formula is C20H19N7O2. The van der Waals surface area contributed by atoms with Gasteiger partial charge in [0, 0.05) is 44.0 Å². The van der Waals surface area contributed by atoms with Crippen molar-refractivity contribution in [2.75, 3.05) is 36.0 Å². The number of aromatic nitrogens is 4. The summed E-state index contributed by atoms with van der Waals surface area (Å²) in [4.78, 5) is 19.8. The summed E-state index contributed by atoms with van der Waals surface area (Å²) >= 11 is 0. The minimum Gasteiger partial charge on any atom is -0.368 e. The van der Waals surface area contributed by atoms with Gasteiger partial charge in [-0.3, -0.25) is 14.5 Å². The van der Waals surface area contributed by atoms with E-state index < -0.39 is 0 Å². The first-order chi connectivity index (χ1) is 14.1. The van der Waals surface area contributed by atoms with E-state index in [1.165, 1.54) is 5.56 Å².